The molecule has 0 bridgehead atoms. The van der Waals surface area contributed by atoms with Crippen molar-refractivity contribution in [3.8, 4) is 5.88 Å². The highest BCUT2D eigenvalue weighted by Gasteiger charge is 2.25. The Labute approximate surface area is 231 Å². The molecule has 2 aliphatic heterocycles. The first-order chi connectivity index (χ1) is 19.1. The van der Waals surface area contributed by atoms with Crippen molar-refractivity contribution >= 4 is 29.4 Å². The second-order valence-electron chi connectivity index (χ2n) is 9.09. The Morgan fingerprint density at radius 1 is 0.825 bits per heavy atom. The number of nitrogens with zero attached hydrogens (tertiary/aromatic N) is 4. The normalized spacial score (nSPS) is 16.6. The molecule has 0 saturated carbocycles. The zero-order chi connectivity index (χ0) is 29.3. The average molecular weight is 561 g/mol. The summed E-state index contributed by atoms with van der Waals surface area (Å²) < 4.78 is 7.71. The number of likely N-dealkylation sites (tertiary alicyclic amines) is 2. The van der Waals surface area contributed by atoms with Gasteiger partial charge in [-0.15, -0.1) is 5.10 Å². The van der Waals surface area contributed by atoms with Crippen molar-refractivity contribution in [1.82, 2.24) is 19.4 Å². The highest BCUT2D eigenvalue weighted by molar-refractivity contribution is 5.90. The van der Waals surface area contributed by atoms with E-state index in [1.54, 1.807) is 0 Å². The number of carbonyl (C=O) groups is 4. The first-order valence-corrected chi connectivity index (χ1v) is 13.0. The highest BCUT2D eigenvalue weighted by Crippen LogP contribution is 2.21. The first-order valence-electron chi connectivity index (χ1n) is 13.0. The Bertz CT molecular complexity index is 1060. The molecule has 40 heavy (non-hydrogen) atoms. The molecule has 0 unspecified atom stereocenters. The largest absolute Gasteiger partial charge is 0.478 e. The standard InChI is InChI=1S/C19H28N4O.2C4H4O4/c1-3-9-22(10-4-1)17-7-12-21(13-8-17)14-15-24-19-16-18-6-2-5-11-23(18)20-19;2*5-3(6)1-2-4(7)8/h2,5-6,11,16-17H,1,3-4,7-10,12-15H2;2*1-2H,(H,5,6)(H,7,8)/b;2*2-1-. The summed E-state index contributed by atoms with van der Waals surface area (Å²) in [5.41, 5.74) is 1.08. The molecule has 2 saturated heterocycles. The van der Waals surface area contributed by atoms with Crippen LogP contribution in [0.15, 0.2) is 54.8 Å². The number of carboxylic acid groups (broad SMARTS) is 4. The summed E-state index contributed by atoms with van der Waals surface area (Å²) in [4.78, 5) is 43.5. The maximum atomic E-state index is 9.55. The summed E-state index contributed by atoms with van der Waals surface area (Å²) in [5.74, 6) is -4.30. The van der Waals surface area contributed by atoms with E-state index in [1.165, 1.54) is 58.3 Å². The molecule has 0 spiro atoms. The van der Waals surface area contributed by atoms with Crippen LogP contribution in [0.5, 0.6) is 5.88 Å². The summed E-state index contributed by atoms with van der Waals surface area (Å²) in [6.07, 6.45) is 11.0. The summed E-state index contributed by atoms with van der Waals surface area (Å²) >= 11 is 0. The SMILES string of the molecule is O=C(O)/C=C\C(=O)O.O=C(O)/C=C\C(=O)O.c1ccn2nc(OCCN3CCC(N4CCCCC4)CC3)cc2c1. The van der Waals surface area contributed by atoms with E-state index >= 15 is 0 Å². The van der Waals surface area contributed by atoms with Crippen LogP contribution in [0.1, 0.15) is 32.1 Å². The monoisotopic (exact) mass is 560 g/mol. The molecular weight excluding hydrogens is 524 g/mol. The number of ether oxygens (including phenoxy) is 1. The Morgan fingerprint density at radius 2 is 1.38 bits per heavy atom. The van der Waals surface area contributed by atoms with Gasteiger partial charge in [0.2, 0.25) is 5.88 Å². The van der Waals surface area contributed by atoms with Crippen molar-refractivity contribution < 1.29 is 44.3 Å². The van der Waals surface area contributed by atoms with Gasteiger partial charge in [-0.1, -0.05) is 12.5 Å². The van der Waals surface area contributed by atoms with Crippen LogP contribution < -0.4 is 4.74 Å². The van der Waals surface area contributed by atoms with E-state index < -0.39 is 23.9 Å². The average Bonchev–Trinajstić information content (AvgIpc) is 3.35. The molecule has 13 nitrogen and oxygen atoms in total. The van der Waals surface area contributed by atoms with Gasteiger partial charge in [0.1, 0.15) is 6.61 Å². The second-order valence-corrected chi connectivity index (χ2v) is 9.09. The zero-order valence-corrected chi connectivity index (χ0v) is 22.2. The van der Waals surface area contributed by atoms with Gasteiger partial charge in [-0.3, -0.25) is 4.90 Å². The Kier molecular flexibility index (Phi) is 13.9. The number of pyridine rings is 1. The summed E-state index contributed by atoms with van der Waals surface area (Å²) in [6.45, 7) is 6.77. The van der Waals surface area contributed by atoms with E-state index in [2.05, 4.69) is 14.9 Å². The number of fused-ring (bicyclic) bond motifs is 1. The fraction of sp³-hybridized carbons (Fsp3) is 0.444. The predicted molar refractivity (Wildman–Crippen MR) is 144 cm³/mol. The lowest BCUT2D eigenvalue weighted by atomic mass is 10.00. The van der Waals surface area contributed by atoms with Gasteiger partial charge in [0.25, 0.3) is 0 Å². The van der Waals surface area contributed by atoms with Gasteiger partial charge in [-0.05, 0) is 64.0 Å². The molecule has 0 amide bonds. The van der Waals surface area contributed by atoms with Crippen molar-refractivity contribution in [2.24, 2.45) is 0 Å². The fourth-order valence-corrected chi connectivity index (χ4v) is 4.34. The highest BCUT2D eigenvalue weighted by atomic mass is 16.5. The molecule has 0 aliphatic carbocycles. The third kappa shape index (κ3) is 13.0. The van der Waals surface area contributed by atoms with E-state index in [9.17, 15) is 19.2 Å². The van der Waals surface area contributed by atoms with Crippen molar-refractivity contribution in [2.75, 3.05) is 39.3 Å². The lowest BCUT2D eigenvalue weighted by molar-refractivity contribution is -0.134. The molecule has 2 aromatic heterocycles. The van der Waals surface area contributed by atoms with E-state index in [-0.39, 0.29) is 0 Å². The summed E-state index contributed by atoms with van der Waals surface area (Å²) in [5, 5.41) is 35.7. The van der Waals surface area contributed by atoms with Crippen molar-refractivity contribution in [3.63, 3.8) is 0 Å². The van der Waals surface area contributed by atoms with Gasteiger partial charge in [0.05, 0.1) is 5.52 Å². The van der Waals surface area contributed by atoms with Crippen molar-refractivity contribution in [3.05, 3.63) is 54.8 Å². The maximum absolute atomic E-state index is 9.55. The number of aromatic nitrogens is 2. The minimum absolute atomic E-state index is 0.558. The number of piperidine rings is 2. The lowest BCUT2D eigenvalue weighted by Crippen LogP contribution is -2.47. The lowest BCUT2D eigenvalue weighted by Gasteiger charge is -2.40. The molecule has 4 N–H and O–H groups in total. The summed E-state index contributed by atoms with van der Waals surface area (Å²) in [6, 6.07) is 8.87. The molecule has 0 atom stereocenters. The molecule has 218 valence electrons. The topological polar surface area (TPSA) is 182 Å². The molecule has 13 heteroatoms. The minimum Gasteiger partial charge on any atom is -0.478 e. The van der Waals surface area contributed by atoms with Crippen LogP contribution >= 0.6 is 0 Å². The predicted octanol–water partition coefficient (Wildman–Crippen LogP) is 2.09. The molecule has 2 fully saturated rings. The van der Waals surface area contributed by atoms with Crippen LogP contribution in [0.2, 0.25) is 0 Å². The summed E-state index contributed by atoms with van der Waals surface area (Å²) in [7, 11) is 0. The van der Waals surface area contributed by atoms with Crippen LogP contribution in [-0.2, 0) is 19.2 Å². The molecule has 2 aromatic rings. The quantitative estimate of drug-likeness (QED) is 0.328. The molecule has 4 heterocycles. The van der Waals surface area contributed by atoms with Gasteiger partial charge >= 0.3 is 23.9 Å². The van der Waals surface area contributed by atoms with E-state index in [1.807, 2.05) is 35.0 Å². The van der Waals surface area contributed by atoms with Gasteiger partial charge < -0.3 is 30.1 Å². The smallest absolute Gasteiger partial charge is 0.328 e. The molecule has 4 rings (SSSR count). The molecule has 2 aliphatic rings. The molecule has 0 radical (unpaired) electrons. The number of aliphatic carboxylic acids is 4. The number of rotatable bonds is 9. The van der Waals surface area contributed by atoms with Crippen molar-refractivity contribution in [1.29, 1.82) is 0 Å². The van der Waals surface area contributed by atoms with Crippen LogP contribution in [0.25, 0.3) is 5.52 Å². The molecular formula is C27H36N4O9. The molecule has 0 aromatic carbocycles. The zero-order valence-electron chi connectivity index (χ0n) is 22.2. The second kappa shape index (κ2) is 17.4. The fourth-order valence-electron chi connectivity index (χ4n) is 4.34. The van der Waals surface area contributed by atoms with Gasteiger partial charge in [-0.2, -0.15) is 0 Å². The van der Waals surface area contributed by atoms with Crippen LogP contribution in [0.4, 0.5) is 0 Å². The van der Waals surface area contributed by atoms with E-state index in [0.29, 0.717) is 24.3 Å². The van der Waals surface area contributed by atoms with Gasteiger partial charge in [0, 0.05) is 49.2 Å². The maximum Gasteiger partial charge on any atom is 0.328 e. The number of hydrogen-bond donors (Lipinski definition) is 4. The number of carboxylic acids is 4. The minimum atomic E-state index is -1.26. The third-order valence-electron chi connectivity index (χ3n) is 6.21. The van der Waals surface area contributed by atoms with E-state index in [0.717, 1.165) is 30.6 Å². The van der Waals surface area contributed by atoms with Crippen LogP contribution in [-0.4, -0.2) is 109 Å². The Morgan fingerprint density at radius 3 is 1.88 bits per heavy atom. The Balaban J connectivity index is 0.000000290. The van der Waals surface area contributed by atoms with Gasteiger partial charge in [0.15, 0.2) is 0 Å². The van der Waals surface area contributed by atoms with Crippen LogP contribution in [0, 0.1) is 0 Å². The Hall–Kier alpha value is -4.23. The van der Waals surface area contributed by atoms with Crippen LogP contribution in [0.3, 0.4) is 0 Å². The van der Waals surface area contributed by atoms with Gasteiger partial charge in [-0.25, -0.2) is 23.7 Å². The number of hydrogen-bond acceptors (Lipinski definition) is 8. The first kappa shape index (κ1) is 32.0. The van der Waals surface area contributed by atoms with Crippen molar-refractivity contribution in [2.45, 2.75) is 38.1 Å². The third-order valence-corrected chi connectivity index (χ3v) is 6.21. The van der Waals surface area contributed by atoms with E-state index in [4.69, 9.17) is 25.2 Å².